The highest BCUT2D eigenvalue weighted by Crippen LogP contribution is 2.32. The van der Waals surface area contributed by atoms with Crippen molar-refractivity contribution in [3.63, 3.8) is 0 Å². The van der Waals surface area contributed by atoms with Crippen molar-refractivity contribution in [2.75, 3.05) is 0 Å². The van der Waals surface area contributed by atoms with Crippen LogP contribution in [0.25, 0.3) is 0 Å². The third-order valence-corrected chi connectivity index (χ3v) is 2.40. The lowest BCUT2D eigenvalue weighted by atomic mass is 9.92. The van der Waals surface area contributed by atoms with E-state index in [1.54, 1.807) is 0 Å². The molecule has 1 saturated carbocycles. The van der Waals surface area contributed by atoms with Crippen molar-refractivity contribution < 1.29 is 14.7 Å². The summed E-state index contributed by atoms with van der Waals surface area (Å²) in [6.45, 7) is 3.36. The standard InChI is InChI=1S/C9H12O3/c1-2-8(10)6-4-3-5-7(6)9(11)12/h2,6-7H,1,3-5H2,(H,11,12)/t6-,7-/m1/s1. The van der Waals surface area contributed by atoms with Gasteiger partial charge in [-0.25, -0.2) is 0 Å². The van der Waals surface area contributed by atoms with Gasteiger partial charge in [-0.2, -0.15) is 0 Å². The van der Waals surface area contributed by atoms with Crippen LogP contribution in [0.15, 0.2) is 12.7 Å². The summed E-state index contributed by atoms with van der Waals surface area (Å²) in [7, 11) is 0. The number of carbonyl (C=O) groups is 2. The van der Waals surface area contributed by atoms with Gasteiger partial charge in [0.05, 0.1) is 5.92 Å². The smallest absolute Gasteiger partial charge is 0.307 e. The second-order valence-corrected chi connectivity index (χ2v) is 3.09. The van der Waals surface area contributed by atoms with Crippen LogP contribution in [-0.4, -0.2) is 16.9 Å². The maximum Gasteiger partial charge on any atom is 0.307 e. The SMILES string of the molecule is C=CC(=O)[C@@H]1CCC[C@H]1C(=O)O. The molecule has 0 amide bonds. The summed E-state index contributed by atoms with van der Waals surface area (Å²) in [5, 5.41) is 8.74. The Kier molecular flexibility index (Phi) is 2.63. The summed E-state index contributed by atoms with van der Waals surface area (Å²) in [5.74, 6) is -1.77. The molecule has 66 valence electrons. The highest BCUT2D eigenvalue weighted by molar-refractivity contribution is 5.94. The average molecular weight is 168 g/mol. The van der Waals surface area contributed by atoms with Crippen LogP contribution in [0.5, 0.6) is 0 Å². The summed E-state index contributed by atoms with van der Waals surface area (Å²) >= 11 is 0. The van der Waals surface area contributed by atoms with Crippen molar-refractivity contribution >= 4 is 11.8 Å². The van der Waals surface area contributed by atoms with Gasteiger partial charge in [-0.05, 0) is 18.9 Å². The van der Waals surface area contributed by atoms with Crippen molar-refractivity contribution in [1.29, 1.82) is 0 Å². The molecule has 1 aliphatic carbocycles. The fraction of sp³-hybridized carbons (Fsp3) is 0.556. The molecule has 3 nitrogen and oxygen atoms in total. The normalized spacial score (nSPS) is 28.3. The van der Waals surface area contributed by atoms with Gasteiger partial charge in [-0.15, -0.1) is 0 Å². The van der Waals surface area contributed by atoms with Gasteiger partial charge in [-0.3, -0.25) is 9.59 Å². The lowest BCUT2D eigenvalue weighted by molar-refractivity contribution is -0.144. The molecule has 0 aromatic rings. The summed E-state index contributed by atoms with van der Waals surface area (Å²) in [6, 6.07) is 0. The number of hydrogen-bond acceptors (Lipinski definition) is 2. The van der Waals surface area contributed by atoms with Crippen LogP contribution in [0.4, 0.5) is 0 Å². The fourth-order valence-electron chi connectivity index (χ4n) is 1.75. The van der Waals surface area contributed by atoms with Gasteiger partial charge < -0.3 is 5.11 Å². The van der Waals surface area contributed by atoms with E-state index in [-0.39, 0.29) is 11.7 Å². The van der Waals surface area contributed by atoms with E-state index in [9.17, 15) is 9.59 Å². The Morgan fingerprint density at radius 1 is 1.33 bits per heavy atom. The molecule has 0 radical (unpaired) electrons. The Morgan fingerprint density at radius 3 is 2.42 bits per heavy atom. The Morgan fingerprint density at radius 2 is 1.92 bits per heavy atom. The minimum atomic E-state index is -0.854. The maximum absolute atomic E-state index is 11.1. The second kappa shape index (κ2) is 3.52. The van der Waals surface area contributed by atoms with E-state index < -0.39 is 11.9 Å². The molecule has 0 aromatic heterocycles. The minimum Gasteiger partial charge on any atom is -0.481 e. The largest absolute Gasteiger partial charge is 0.481 e. The molecule has 0 spiro atoms. The number of ketones is 1. The van der Waals surface area contributed by atoms with Gasteiger partial charge >= 0.3 is 5.97 Å². The zero-order chi connectivity index (χ0) is 9.14. The van der Waals surface area contributed by atoms with Crippen LogP contribution in [-0.2, 0) is 9.59 Å². The molecule has 1 rings (SSSR count). The molecule has 0 bridgehead atoms. The van der Waals surface area contributed by atoms with Crippen molar-refractivity contribution in [1.82, 2.24) is 0 Å². The summed E-state index contributed by atoms with van der Waals surface area (Å²) in [4.78, 5) is 21.8. The first-order chi connectivity index (χ1) is 5.66. The molecule has 0 unspecified atom stereocenters. The van der Waals surface area contributed by atoms with Crippen molar-refractivity contribution in [2.24, 2.45) is 11.8 Å². The van der Waals surface area contributed by atoms with Crippen LogP contribution in [0.3, 0.4) is 0 Å². The zero-order valence-corrected chi connectivity index (χ0v) is 6.82. The Labute approximate surface area is 71.1 Å². The molecular formula is C9H12O3. The highest BCUT2D eigenvalue weighted by atomic mass is 16.4. The molecule has 0 aromatic carbocycles. The molecule has 1 N–H and O–H groups in total. The van der Waals surface area contributed by atoms with Gasteiger partial charge in [0, 0.05) is 5.92 Å². The summed E-state index contributed by atoms with van der Waals surface area (Å²) in [5.41, 5.74) is 0. The molecule has 0 saturated heterocycles. The average Bonchev–Trinajstić information content (AvgIpc) is 2.50. The molecule has 0 aliphatic heterocycles. The van der Waals surface area contributed by atoms with Gasteiger partial charge in [0.25, 0.3) is 0 Å². The predicted molar refractivity (Wildman–Crippen MR) is 43.7 cm³/mol. The van der Waals surface area contributed by atoms with Gasteiger partial charge in [-0.1, -0.05) is 13.0 Å². The topological polar surface area (TPSA) is 54.4 Å². The van der Waals surface area contributed by atoms with Crippen molar-refractivity contribution in [2.45, 2.75) is 19.3 Å². The minimum absolute atomic E-state index is 0.125. The van der Waals surface area contributed by atoms with Crippen LogP contribution >= 0.6 is 0 Å². The number of aliphatic carboxylic acids is 1. The van der Waals surface area contributed by atoms with Gasteiger partial charge in [0.15, 0.2) is 5.78 Å². The monoisotopic (exact) mass is 168 g/mol. The lowest BCUT2D eigenvalue weighted by Crippen LogP contribution is -2.23. The van der Waals surface area contributed by atoms with Crippen LogP contribution in [0, 0.1) is 11.8 Å². The van der Waals surface area contributed by atoms with Crippen LogP contribution in [0.2, 0.25) is 0 Å². The van der Waals surface area contributed by atoms with E-state index >= 15 is 0 Å². The first-order valence-corrected chi connectivity index (χ1v) is 4.06. The second-order valence-electron chi connectivity index (χ2n) is 3.09. The van der Waals surface area contributed by atoms with E-state index in [2.05, 4.69) is 6.58 Å². The predicted octanol–water partition coefficient (Wildman–Crippen LogP) is 1.24. The molecule has 3 heteroatoms. The van der Waals surface area contributed by atoms with E-state index in [1.807, 2.05) is 0 Å². The molecule has 1 fully saturated rings. The van der Waals surface area contributed by atoms with E-state index in [1.165, 1.54) is 6.08 Å². The molecule has 2 atom stereocenters. The van der Waals surface area contributed by atoms with Crippen LogP contribution < -0.4 is 0 Å². The van der Waals surface area contributed by atoms with Crippen LogP contribution in [0.1, 0.15) is 19.3 Å². The Hall–Kier alpha value is -1.12. The quantitative estimate of drug-likeness (QED) is 0.645. The zero-order valence-electron chi connectivity index (χ0n) is 6.82. The highest BCUT2D eigenvalue weighted by Gasteiger charge is 2.36. The number of carboxylic acid groups (broad SMARTS) is 1. The fourth-order valence-corrected chi connectivity index (χ4v) is 1.75. The maximum atomic E-state index is 11.1. The third-order valence-electron chi connectivity index (χ3n) is 2.40. The first-order valence-electron chi connectivity index (χ1n) is 4.06. The number of rotatable bonds is 3. The Balaban J connectivity index is 2.69. The van der Waals surface area contributed by atoms with E-state index in [0.29, 0.717) is 12.8 Å². The lowest BCUT2D eigenvalue weighted by Gasteiger charge is -2.11. The summed E-state index contributed by atoms with van der Waals surface area (Å²) < 4.78 is 0. The van der Waals surface area contributed by atoms with Crippen molar-refractivity contribution in [3.05, 3.63) is 12.7 Å². The Bertz CT molecular complexity index is 220. The number of carboxylic acids is 1. The van der Waals surface area contributed by atoms with Gasteiger partial charge in [0.2, 0.25) is 0 Å². The number of hydrogen-bond donors (Lipinski definition) is 1. The van der Waals surface area contributed by atoms with Gasteiger partial charge in [0.1, 0.15) is 0 Å². The molecular weight excluding hydrogens is 156 g/mol. The molecule has 0 heterocycles. The summed E-state index contributed by atoms with van der Waals surface area (Å²) in [6.07, 6.45) is 3.38. The molecule has 1 aliphatic rings. The van der Waals surface area contributed by atoms with E-state index in [0.717, 1.165) is 6.42 Å². The van der Waals surface area contributed by atoms with Crippen molar-refractivity contribution in [3.8, 4) is 0 Å². The number of carbonyl (C=O) groups excluding carboxylic acids is 1. The van der Waals surface area contributed by atoms with E-state index in [4.69, 9.17) is 5.11 Å². The molecule has 12 heavy (non-hydrogen) atoms. The first kappa shape index (κ1) is 8.97. The third kappa shape index (κ3) is 1.55. The number of allylic oxidation sites excluding steroid dienone is 1.